The van der Waals surface area contributed by atoms with Gasteiger partial charge in [-0.3, -0.25) is 0 Å². The minimum absolute atomic E-state index is 0.543. The summed E-state index contributed by atoms with van der Waals surface area (Å²) in [4.78, 5) is 4.65. The number of nitrogens with zero attached hydrogens (tertiary/aromatic N) is 1. The number of rotatable bonds is 3. The van der Waals surface area contributed by atoms with Gasteiger partial charge < -0.3 is 5.73 Å². The van der Waals surface area contributed by atoms with E-state index >= 15 is 0 Å². The highest BCUT2D eigenvalue weighted by Gasteiger charge is 2.10. The summed E-state index contributed by atoms with van der Waals surface area (Å²) in [5.74, 6) is 0. The summed E-state index contributed by atoms with van der Waals surface area (Å²) in [5.41, 5.74) is 9.48. The van der Waals surface area contributed by atoms with E-state index in [1.165, 1.54) is 0 Å². The number of hydrogen-bond donors (Lipinski definition) is 1. The van der Waals surface area contributed by atoms with Gasteiger partial charge in [-0.15, -0.1) is 11.3 Å². The average Bonchev–Trinajstić information content (AvgIpc) is 2.99. The summed E-state index contributed by atoms with van der Waals surface area (Å²) in [7, 11) is 0. The van der Waals surface area contributed by atoms with Gasteiger partial charge in [-0.1, -0.05) is 47.5 Å². The van der Waals surface area contributed by atoms with Gasteiger partial charge in [0.05, 0.1) is 10.7 Å². The van der Waals surface area contributed by atoms with Crippen molar-refractivity contribution >= 4 is 34.5 Å². The average molecular weight is 335 g/mol. The van der Waals surface area contributed by atoms with Crippen molar-refractivity contribution < 1.29 is 0 Å². The Bertz CT molecular complexity index is 766. The van der Waals surface area contributed by atoms with Crippen LogP contribution in [-0.2, 0) is 6.54 Å². The van der Waals surface area contributed by atoms with E-state index in [-0.39, 0.29) is 0 Å². The lowest BCUT2D eigenvalue weighted by molar-refractivity contribution is 1.07. The highest BCUT2D eigenvalue weighted by Crippen LogP contribution is 2.34. The molecule has 0 amide bonds. The molecule has 2 nitrogen and oxygen atoms in total. The molecule has 3 rings (SSSR count). The fourth-order valence-electron chi connectivity index (χ4n) is 2.01. The third-order valence-electron chi connectivity index (χ3n) is 3.15. The maximum atomic E-state index is 6.22. The molecule has 0 aliphatic rings. The van der Waals surface area contributed by atoms with Crippen molar-refractivity contribution in [3.8, 4) is 21.8 Å². The third-order valence-corrected chi connectivity index (χ3v) is 4.60. The Morgan fingerprint density at radius 2 is 1.81 bits per heavy atom. The van der Waals surface area contributed by atoms with Gasteiger partial charge in [-0.2, -0.15) is 0 Å². The largest absolute Gasteiger partial charge is 0.326 e. The zero-order chi connectivity index (χ0) is 14.8. The molecule has 1 aromatic heterocycles. The molecule has 0 bridgehead atoms. The second-order valence-electron chi connectivity index (χ2n) is 4.56. The first kappa shape index (κ1) is 14.5. The molecule has 0 atom stereocenters. The van der Waals surface area contributed by atoms with Crippen molar-refractivity contribution in [1.82, 2.24) is 4.98 Å². The first-order chi connectivity index (χ1) is 10.2. The summed E-state index contributed by atoms with van der Waals surface area (Å²) in [5, 5.41) is 4.24. The molecule has 0 saturated heterocycles. The predicted molar refractivity (Wildman–Crippen MR) is 90.9 cm³/mol. The lowest BCUT2D eigenvalue weighted by Crippen LogP contribution is -1.95. The van der Waals surface area contributed by atoms with Crippen LogP contribution in [-0.4, -0.2) is 4.98 Å². The molecule has 3 aromatic rings. The Morgan fingerprint density at radius 3 is 2.52 bits per heavy atom. The second-order valence-corrected chi connectivity index (χ2v) is 6.26. The van der Waals surface area contributed by atoms with Crippen LogP contribution in [0.1, 0.15) is 5.56 Å². The van der Waals surface area contributed by atoms with Crippen LogP contribution >= 0.6 is 34.5 Å². The zero-order valence-corrected chi connectivity index (χ0v) is 13.3. The van der Waals surface area contributed by atoms with E-state index in [0.29, 0.717) is 16.6 Å². The Balaban J connectivity index is 1.97. The molecule has 0 aliphatic carbocycles. The Hall–Kier alpha value is -1.39. The summed E-state index contributed by atoms with van der Waals surface area (Å²) in [6, 6.07) is 13.5. The number of benzene rings is 2. The standard InChI is InChI=1S/C16H12Cl2N2S/c17-12-5-6-14(18)13(7-12)15-9-21-16(20-15)11-3-1-10(8-19)2-4-11/h1-7,9H,8,19H2. The molecular formula is C16H12Cl2N2S. The van der Waals surface area contributed by atoms with E-state index < -0.39 is 0 Å². The quantitative estimate of drug-likeness (QED) is 0.711. The van der Waals surface area contributed by atoms with E-state index in [4.69, 9.17) is 28.9 Å². The summed E-state index contributed by atoms with van der Waals surface area (Å²) in [6.45, 7) is 0.543. The van der Waals surface area contributed by atoms with Crippen LogP contribution in [0.4, 0.5) is 0 Å². The van der Waals surface area contributed by atoms with Crippen molar-refractivity contribution in [3.05, 3.63) is 63.5 Å². The van der Waals surface area contributed by atoms with Crippen molar-refractivity contribution in [2.75, 3.05) is 0 Å². The lowest BCUT2D eigenvalue weighted by atomic mass is 10.1. The third kappa shape index (κ3) is 3.11. The highest BCUT2D eigenvalue weighted by molar-refractivity contribution is 7.13. The fraction of sp³-hybridized carbons (Fsp3) is 0.0625. The van der Waals surface area contributed by atoms with Gasteiger partial charge in [-0.05, 0) is 23.8 Å². The van der Waals surface area contributed by atoms with Crippen molar-refractivity contribution in [2.24, 2.45) is 5.73 Å². The number of hydrogen-bond acceptors (Lipinski definition) is 3. The lowest BCUT2D eigenvalue weighted by Gasteiger charge is -2.01. The molecule has 1 heterocycles. The Labute approximate surface area is 137 Å². The Kier molecular flexibility index (Phi) is 4.27. The van der Waals surface area contributed by atoms with Gasteiger partial charge in [0.1, 0.15) is 5.01 Å². The molecule has 0 spiro atoms. The number of nitrogens with two attached hydrogens (primary N) is 1. The number of thiazole rings is 1. The summed E-state index contributed by atoms with van der Waals surface area (Å²) < 4.78 is 0. The molecule has 0 unspecified atom stereocenters. The maximum absolute atomic E-state index is 6.22. The van der Waals surface area contributed by atoms with Crippen LogP contribution < -0.4 is 5.73 Å². The normalized spacial score (nSPS) is 10.8. The molecule has 0 radical (unpaired) electrons. The number of aromatic nitrogens is 1. The Morgan fingerprint density at radius 1 is 1.05 bits per heavy atom. The molecule has 0 fully saturated rings. The van der Waals surface area contributed by atoms with Crippen molar-refractivity contribution in [3.63, 3.8) is 0 Å². The van der Waals surface area contributed by atoms with E-state index in [1.54, 1.807) is 23.5 Å². The van der Waals surface area contributed by atoms with Gasteiger partial charge >= 0.3 is 0 Å². The van der Waals surface area contributed by atoms with Gasteiger partial charge in [0.2, 0.25) is 0 Å². The minimum atomic E-state index is 0.543. The smallest absolute Gasteiger partial charge is 0.124 e. The van der Waals surface area contributed by atoms with Gasteiger partial charge in [0, 0.05) is 28.1 Å². The minimum Gasteiger partial charge on any atom is -0.326 e. The molecule has 2 N–H and O–H groups in total. The van der Waals surface area contributed by atoms with Crippen LogP contribution in [0.5, 0.6) is 0 Å². The van der Waals surface area contributed by atoms with Crippen LogP contribution in [0.25, 0.3) is 21.8 Å². The van der Waals surface area contributed by atoms with Crippen LogP contribution in [0.15, 0.2) is 47.8 Å². The first-order valence-corrected chi connectivity index (χ1v) is 8.01. The van der Waals surface area contributed by atoms with Crippen molar-refractivity contribution in [2.45, 2.75) is 6.54 Å². The fourth-order valence-corrected chi connectivity index (χ4v) is 3.22. The van der Waals surface area contributed by atoms with E-state index in [1.807, 2.05) is 35.7 Å². The van der Waals surface area contributed by atoms with Gasteiger partial charge in [-0.25, -0.2) is 4.98 Å². The van der Waals surface area contributed by atoms with Crippen LogP contribution in [0, 0.1) is 0 Å². The monoisotopic (exact) mass is 334 g/mol. The molecular weight excluding hydrogens is 323 g/mol. The van der Waals surface area contributed by atoms with E-state index in [9.17, 15) is 0 Å². The second kappa shape index (κ2) is 6.16. The molecule has 106 valence electrons. The van der Waals surface area contributed by atoms with Gasteiger partial charge in [0.15, 0.2) is 0 Å². The van der Waals surface area contributed by atoms with Gasteiger partial charge in [0.25, 0.3) is 0 Å². The summed E-state index contributed by atoms with van der Waals surface area (Å²) >= 11 is 13.8. The summed E-state index contributed by atoms with van der Waals surface area (Å²) in [6.07, 6.45) is 0. The zero-order valence-electron chi connectivity index (χ0n) is 11.0. The molecule has 21 heavy (non-hydrogen) atoms. The first-order valence-electron chi connectivity index (χ1n) is 6.37. The topological polar surface area (TPSA) is 38.9 Å². The molecule has 0 aliphatic heterocycles. The van der Waals surface area contributed by atoms with Crippen molar-refractivity contribution in [1.29, 1.82) is 0 Å². The van der Waals surface area contributed by atoms with Crippen LogP contribution in [0.3, 0.4) is 0 Å². The molecule has 2 aromatic carbocycles. The highest BCUT2D eigenvalue weighted by atomic mass is 35.5. The predicted octanol–water partition coefficient (Wildman–Crippen LogP) is 5.24. The van der Waals surface area contributed by atoms with E-state index in [2.05, 4.69) is 4.98 Å². The van der Waals surface area contributed by atoms with E-state index in [0.717, 1.165) is 27.4 Å². The molecule has 5 heteroatoms. The molecule has 0 saturated carbocycles. The van der Waals surface area contributed by atoms with Crippen LogP contribution in [0.2, 0.25) is 10.0 Å². The number of halogens is 2. The maximum Gasteiger partial charge on any atom is 0.124 e. The SMILES string of the molecule is NCc1ccc(-c2nc(-c3cc(Cl)ccc3Cl)cs2)cc1.